The fraction of sp³-hybridized carbons (Fsp3) is 0. The van der Waals surface area contributed by atoms with Gasteiger partial charge in [0.25, 0.3) is 5.69 Å². The van der Waals surface area contributed by atoms with Crippen LogP contribution in [0.3, 0.4) is 0 Å². The number of nitrogens with zero attached hydrogens (tertiary/aromatic N) is 1. The van der Waals surface area contributed by atoms with E-state index in [2.05, 4.69) is 11.5 Å². The first-order valence-corrected chi connectivity index (χ1v) is 5.85. The summed E-state index contributed by atoms with van der Waals surface area (Å²) in [6, 6.07) is 14.4. The highest BCUT2D eigenvalue weighted by molar-refractivity contribution is 6.09. The minimum absolute atomic E-state index is 0.0771. The summed E-state index contributed by atoms with van der Waals surface area (Å²) < 4.78 is 0. The van der Waals surface area contributed by atoms with Crippen molar-refractivity contribution in [3.63, 3.8) is 0 Å². The molecule has 0 fully saturated rings. The lowest BCUT2D eigenvalue weighted by atomic mass is 10.0. The van der Waals surface area contributed by atoms with Gasteiger partial charge in [0.2, 0.25) is 0 Å². The van der Waals surface area contributed by atoms with Gasteiger partial charge in [-0.15, -0.1) is 0 Å². The van der Waals surface area contributed by atoms with Crippen LogP contribution in [0.5, 0.6) is 0 Å². The highest BCUT2D eigenvalue weighted by atomic mass is 16.6. The summed E-state index contributed by atoms with van der Waals surface area (Å²) in [5, 5.41) is 16.7. The van der Waals surface area contributed by atoms with Crippen LogP contribution in [0.4, 0.5) is 5.69 Å². The number of ketones is 1. The third-order valence-electron chi connectivity index (χ3n) is 2.36. The van der Waals surface area contributed by atoms with Gasteiger partial charge in [0.05, 0.1) is 4.92 Å². The first-order valence-electron chi connectivity index (χ1n) is 5.85. The van der Waals surface area contributed by atoms with E-state index in [1.807, 2.05) is 6.07 Å². The van der Waals surface area contributed by atoms with Crippen molar-refractivity contribution in [2.45, 2.75) is 0 Å². The van der Waals surface area contributed by atoms with Crippen molar-refractivity contribution in [3.8, 4) is 0 Å². The average molecular weight is 286 g/mol. The standard InChI is InChI=1S/C13H9NO3.CH5N3/c15-13(10-5-2-1-3-6-10)11-7-4-8-12(9-11)14(16)17;2-1(3)4/h1-9H;(H5,2,3,4). The molecule has 2 aromatic rings. The number of non-ortho nitro benzene ring substituents is 1. The van der Waals surface area contributed by atoms with Crippen LogP contribution in [0.2, 0.25) is 0 Å². The average Bonchev–Trinajstić information content (AvgIpc) is 2.47. The number of nitrogens with one attached hydrogen (secondary N) is 1. The third-order valence-corrected chi connectivity index (χ3v) is 2.36. The highest BCUT2D eigenvalue weighted by Crippen LogP contribution is 2.16. The molecule has 0 radical (unpaired) electrons. The number of benzene rings is 2. The van der Waals surface area contributed by atoms with Gasteiger partial charge in [-0.25, -0.2) is 0 Å². The molecule has 7 nitrogen and oxygen atoms in total. The molecule has 0 atom stereocenters. The Balaban J connectivity index is 0.000000491. The summed E-state index contributed by atoms with van der Waals surface area (Å²) in [4.78, 5) is 22.1. The minimum atomic E-state index is -0.512. The van der Waals surface area contributed by atoms with Crippen molar-refractivity contribution in [1.82, 2.24) is 0 Å². The summed E-state index contributed by atoms with van der Waals surface area (Å²) in [6.45, 7) is 0. The lowest BCUT2D eigenvalue weighted by Gasteiger charge is -2.00. The molecule has 0 aliphatic rings. The van der Waals surface area contributed by atoms with Crippen molar-refractivity contribution in [1.29, 1.82) is 5.41 Å². The molecule has 0 aliphatic carbocycles. The van der Waals surface area contributed by atoms with Crippen LogP contribution in [0.25, 0.3) is 0 Å². The van der Waals surface area contributed by atoms with E-state index in [-0.39, 0.29) is 17.4 Å². The smallest absolute Gasteiger partial charge is 0.270 e. The van der Waals surface area contributed by atoms with Crippen molar-refractivity contribution >= 4 is 17.4 Å². The third kappa shape index (κ3) is 5.11. The number of nitro benzene ring substituents is 1. The maximum Gasteiger partial charge on any atom is 0.270 e. The molecule has 2 rings (SSSR count). The molecule has 108 valence electrons. The Morgan fingerprint density at radius 1 is 1.00 bits per heavy atom. The van der Waals surface area contributed by atoms with E-state index in [4.69, 9.17) is 5.41 Å². The Morgan fingerprint density at radius 3 is 2.05 bits per heavy atom. The van der Waals surface area contributed by atoms with E-state index < -0.39 is 4.92 Å². The zero-order valence-electron chi connectivity index (χ0n) is 11.0. The van der Waals surface area contributed by atoms with Gasteiger partial charge < -0.3 is 11.5 Å². The Hall–Kier alpha value is -3.22. The van der Waals surface area contributed by atoms with Gasteiger partial charge >= 0.3 is 0 Å². The number of guanidine groups is 1. The van der Waals surface area contributed by atoms with E-state index in [1.165, 1.54) is 18.2 Å². The number of rotatable bonds is 3. The molecule has 5 N–H and O–H groups in total. The zero-order chi connectivity index (χ0) is 15.8. The zero-order valence-corrected chi connectivity index (χ0v) is 11.0. The van der Waals surface area contributed by atoms with Gasteiger partial charge in [-0.1, -0.05) is 42.5 Å². The molecule has 0 aliphatic heterocycles. The molecule has 0 spiro atoms. The number of carbonyl (C=O) groups excluding carboxylic acids is 1. The SMILES string of the molecule is N=C(N)N.O=C(c1ccccc1)c1cccc([N+](=O)[O-])c1. The second kappa shape index (κ2) is 7.39. The largest absolute Gasteiger partial charge is 0.370 e. The molecule has 2 aromatic carbocycles. The first-order chi connectivity index (χ1) is 9.91. The van der Waals surface area contributed by atoms with Crippen LogP contribution in [-0.4, -0.2) is 16.7 Å². The van der Waals surface area contributed by atoms with Gasteiger partial charge in [0.15, 0.2) is 11.7 Å². The Morgan fingerprint density at radius 2 is 1.52 bits per heavy atom. The molecular weight excluding hydrogens is 272 g/mol. The van der Waals surface area contributed by atoms with E-state index in [1.54, 1.807) is 30.3 Å². The van der Waals surface area contributed by atoms with E-state index >= 15 is 0 Å². The summed E-state index contributed by atoms with van der Waals surface area (Å²) in [5.74, 6) is -0.547. The number of hydrogen-bond acceptors (Lipinski definition) is 4. The number of carbonyl (C=O) groups is 1. The van der Waals surface area contributed by atoms with Gasteiger partial charge in [0, 0.05) is 23.3 Å². The van der Waals surface area contributed by atoms with E-state index in [0.29, 0.717) is 11.1 Å². The summed E-state index contributed by atoms with van der Waals surface area (Å²) in [7, 11) is 0. The maximum atomic E-state index is 12.0. The van der Waals surface area contributed by atoms with Gasteiger partial charge in [-0.05, 0) is 0 Å². The second-order valence-corrected chi connectivity index (χ2v) is 3.96. The number of hydrogen-bond donors (Lipinski definition) is 3. The van der Waals surface area contributed by atoms with Crippen LogP contribution in [0.15, 0.2) is 54.6 Å². The lowest BCUT2D eigenvalue weighted by molar-refractivity contribution is -0.384. The highest BCUT2D eigenvalue weighted by Gasteiger charge is 2.12. The van der Waals surface area contributed by atoms with Crippen LogP contribution in [0, 0.1) is 15.5 Å². The topological polar surface area (TPSA) is 136 Å². The summed E-state index contributed by atoms with van der Waals surface area (Å²) in [6.07, 6.45) is 0. The van der Waals surface area contributed by atoms with E-state index in [0.717, 1.165) is 0 Å². The van der Waals surface area contributed by atoms with Crippen molar-refractivity contribution in [2.75, 3.05) is 0 Å². The maximum absolute atomic E-state index is 12.0. The molecule has 0 saturated heterocycles. The van der Waals surface area contributed by atoms with Crippen LogP contribution in [-0.2, 0) is 0 Å². The van der Waals surface area contributed by atoms with Gasteiger partial charge in [0.1, 0.15) is 0 Å². The van der Waals surface area contributed by atoms with Crippen LogP contribution < -0.4 is 11.5 Å². The first kappa shape index (κ1) is 15.8. The van der Waals surface area contributed by atoms with Crippen molar-refractivity contribution in [3.05, 3.63) is 75.8 Å². The monoisotopic (exact) mass is 286 g/mol. The molecule has 0 saturated carbocycles. The predicted molar refractivity (Wildman–Crippen MR) is 79.1 cm³/mol. The lowest BCUT2D eigenvalue weighted by Crippen LogP contribution is -2.20. The molecule has 0 aromatic heterocycles. The fourth-order valence-electron chi connectivity index (χ4n) is 1.52. The molecule has 0 bridgehead atoms. The number of nitro groups is 1. The Kier molecular flexibility index (Phi) is 5.57. The van der Waals surface area contributed by atoms with Gasteiger partial charge in [-0.3, -0.25) is 20.3 Å². The Bertz CT molecular complexity index is 652. The summed E-state index contributed by atoms with van der Waals surface area (Å²) in [5.41, 5.74) is 9.71. The minimum Gasteiger partial charge on any atom is -0.370 e. The Labute approximate surface area is 120 Å². The molecular formula is C14H14N4O3. The molecule has 7 heteroatoms. The van der Waals surface area contributed by atoms with E-state index in [9.17, 15) is 14.9 Å². The fourth-order valence-corrected chi connectivity index (χ4v) is 1.52. The van der Waals surface area contributed by atoms with Crippen LogP contribution in [0.1, 0.15) is 15.9 Å². The number of nitrogens with two attached hydrogens (primary N) is 2. The molecule has 21 heavy (non-hydrogen) atoms. The second-order valence-electron chi connectivity index (χ2n) is 3.96. The quantitative estimate of drug-likeness (QED) is 0.259. The van der Waals surface area contributed by atoms with Crippen molar-refractivity contribution in [2.24, 2.45) is 11.5 Å². The van der Waals surface area contributed by atoms with Crippen LogP contribution >= 0.6 is 0 Å². The van der Waals surface area contributed by atoms with Crippen molar-refractivity contribution < 1.29 is 9.72 Å². The molecule has 0 unspecified atom stereocenters. The predicted octanol–water partition coefficient (Wildman–Crippen LogP) is 1.66. The summed E-state index contributed by atoms with van der Waals surface area (Å²) >= 11 is 0. The normalized spacial score (nSPS) is 9.14. The molecule has 0 heterocycles. The van der Waals surface area contributed by atoms with Gasteiger partial charge in [-0.2, -0.15) is 0 Å². The molecule has 0 amide bonds.